The fourth-order valence-corrected chi connectivity index (χ4v) is 5.28. The van der Waals surface area contributed by atoms with Gasteiger partial charge in [-0.2, -0.15) is 5.26 Å². The third-order valence-corrected chi connectivity index (χ3v) is 7.26. The zero-order valence-corrected chi connectivity index (χ0v) is 20.0. The summed E-state index contributed by atoms with van der Waals surface area (Å²) in [4.78, 5) is 36.3. The number of nitriles is 1. The lowest BCUT2D eigenvalue weighted by Crippen LogP contribution is -2.47. The van der Waals surface area contributed by atoms with E-state index >= 15 is 0 Å². The standard InChI is InChI=1S/C26H36N6O2/c27-20-28-26(31-16-11-22(12-17-31)18-21-8-2-1-3-9-21)29-23-10-4-5-15-32(25(23)34)19-24(33)30-13-6-7-14-30/h1-3,8-9,22-23H,4-7,10-19H2,(H,28,29)/t23-/m0/s1. The van der Waals surface area contributed by atoms with Gasteiger partial charge in [-0.05, 0) is 62.8 Å². The number of carbonyl (C=O) groups excluding carboxylic acids is 2. The monoisotopic (exact) mass is 464 g/mol. The molecule has 4 rings (SSSR count). The first kappa shape index (κ1) is 24.1. The lowest BCUT2D eigenvalue weighted by atomic mass is 9.90. The fraction of sp³-hybridized carbons (Fsp3) is 0.615. The Morgan fingerprint density at radius 3 is 2.38 bits per heavy atom. The number of piperidine rings is 1. The molecule has 34 heavy (non-hydrogen) atoms. The second-order valence-corrected chi connectivity index (χ2v) is 9.67. The number of hydrogen-bond acceptors (Lipinski definition) is 4. The minimum atomic E-state index is -0.549. The van der Waals surface area contributed by atoms with Crippen molar-refractivity contribution in [1.29, 1.82) is 5.26 Å². The molecule has 2 amide bonds. The van der Waals surface area contributed by atoms with Gasteiger partial charge in [-0.1, -0.05) is 30.3 Å². The Bertz CT molecular complexity index is 898. The molecule has 1 atom stereocenters. The van der Waals surface area contributed by atoms with Gasteiger partial charge in [-0.15, -0.1) is 0 Å². The van der Waals surface area contributed by atoms with E-state index in [-0.39, 0.29) is 18.4 Å². The molecular formula is C26H36N6O2. The number of hydrogen-bond donors (Lipinski definition) is 1. The zero-order chi connectivity index (χ0) is 23.8. The first-order valence-corrected chi connectivity index (χ1v) is 12.7. The van der Waals surface area contributed by atoms with Gasteiger partial charge in [-0.3, -0.25) is 14.9 Å². The van der Waals surface area contributed by atoms with E-state index < -0.39 is 6.04 Å². The Morgan fingerprint density at radius 2 is 1.68 bits per heavy atom. The van der Waals surface area contributed by atoms with Gasteiger partial charge in [0.25, 0.3) is 0 Å². The molecule has 0 bridgehead atoms. The third kappa shape index (κ3) is 6.28. The van der Waals surface area contributed by atoms with Gasteiger partial charge in [0.2, 0.25) is 17.8 Å². The number of carbonyl (C=O) groups is 2. The predicted molar refractivity (Wildman–Crippen MR) is 131 cm³/mol. The molecule has 1 aromatic rings. The largest absolute Gasteiger partial charge is 0.342 e. The lowest BCUT2D eigenvalue weighted by Gasteiger charge is -2.34. The van der Waals surface area contributed by atoms with Crippen LogP contribution in [-0.4, -0.2) is 77.8 Å². The van der Waals surface area contributed by atoms with Crippen LogP contribution in [0.2, 0.25) is 0 Å². The van der Waals surface area contributed by atoms with Crippen molar-refractivity contribution in [2.75, 3.05) is 39.3 Å². The van der Waals surface area contributed by atoms with E-state index in [4.69, 9.17) is 4.99 Å². The summed E-state index contributed by atoms with van der Waals surface area (Å²) in [5, 5.41) is 12.1. The number of benzene rings is 1. The van der Waals surface area contributed by atoms with Crippen LogP contribution < -0.4 is 5.32 Å². The van der Waals surface area contributed by atoms with Crippen LogP contribution in [0, 0.1) is 17.4 Å². The van der Waals surface area contributed by atoms with Gasteiger partial charge in [-0.25, -0.2) is 4.99 Å². The van der Waals surface area contributed by atoms with E-state index in [1.165, 1.54) is 5.56 Å². The summed E-state index contributed by atoms with van der Waals surface area (Å²) in [6.07, 6.45) is 9.60. The van der Waals surface area contributed by atoms with Crippen molar-refractivity contribution < 1.29 is 9.59 Å². The van der Waals surface area contributed by atoms with Gasteiger partial charge in [0.1, 0.15) is 6.04 Å². The average molecular weight is 465 g/mol. The number of nitrogens with one attached hydrogen (secondary N) is 1. The Balaban J connectivity index is 1.38. The molecule has 1 aromatic carbocycles. The SMILES string of the molecule is N#CNC(=N[C@H]1CCCCN(CC(=O)N2CCCC2)C1=O)N1CCC(Cc2ccccc2)CC1. The zero-order valence-electron chi connectivity index (χ0n) is 20.0. The maximum absolute atomic E-state index is 13.3. The average Bonchev–Trinajstić information content (AvgIpc) is 3.35. The maximum atomic E-state index is 13.3. The third-order valence-electron chi connectivity index (χ3n) is 7.26. The minimum absolute atomic E-state index is 0.0336. The highest BCUT2D eigenvalue weighted by molar-refractivity contribution is 5.90. The summed E-state index contributed by atoms with van der Waals surface area (Å²) in [5.74, 6) is 1.04. The first-order valence-electron chi connectivity index (χ1n) is 12.7. The molecule has 0 aromatic heterocycles. The normalized spacial score (nSPS) is 22.4. The van der Waals surface area contributed by atoms with Gasteiger partial charge in [0.15, 0.2) is 6.19 Å². The topological polar surface area (TPSA) is 92.0 Å². The maximum Gasteiger partial charge on any atom is 0.247 e. The van der Waals surface area contributed by atoms with Crippen LogP contribution in [0.3, 0.4) is 0 Å². The number of rotatable bonds is 5. The molecule has 1 N–H and O–H groups in total. The summed E-state index contributed by atoms with van der Waals surface area (Å²) >= 11 is 0. The van der Waals surface area contributed by atoms with Gasteiger partial charge in [0.05, 0.1) is 6.54 Å². The highest BCUT2D eigenvalue weighted by Crippen LogP contribution is 2.23. The number of aliphatic imine (C=N–C) groups is 1. The molecule has 182 valence electrons. The first-order chi connectivity index (χ1) is 16.6. The quantitative estimate of drug-likeness (QED) is 0.313. The Hall–Kier alpha value is -3.08. The Kier molecular flexibility index (Phi) is 8.40. The van der Waals surface area contributed by atoms with E-state index in [0.717, 1.165) is 71.1 Å². The summed E-state index contributed by atoms with van der Waals surface area (Å²) in [5.41, 5.74) is 1.36. The van der Waals surface area contributed by atoms with E-state index in [0.29, 0.717) is 24.8 Å². The van der Waals surface area contributed by atoms with Crippen molar-refractivity contribution in [2.45, 2.75) is 57.4 Å². The molecule has 8 nitrogen and oxygen atoms in total. The summed E-state index contributed by atoms with van der Waals surface area (Å²) in [7, 11) is 0. The van der Waals surface area contributed by atoms with Crippen LogP contribution in [0.4, 0.5) is 0 Å². The summed E-state index contributed by atoms with van der Waals surface area (Å²) in [6, 6.07) is 10.0. The Morgan fingerprint density at radius 1 is 0.971 bits per heavy atom. The van der Waals surface area contributed by atoms with Crippen molar-refractivity contribution in [1.82, 2.24) is 20.0 Å². The number of nitrogens with zero attached hydrogens (tertiary/aromatic N) is 5. The predicted octanol–water partition coefficient (Wildman–Crippen LogP) is 2.37. The van der Waals surface area contributed by atoms with Crippen molar-refractivity contribution in [3.8, 4) is 6.19 Å². The lowest BCUT2D eigenvalue weighted by molar-refractivity contribution is -0.140. The van der Waals surface area contributed by atoms with Crippen molar-refractivity contribution in [3.05, 3.63) is 35.9 Å². The highest BCUT2D eigenvalue weighted by atomic mass is 16.2. The van der Waals surface area contributed by atoms with E-state index in [9.17, 15) is 14.9 Å². The molecular weight excluding hydrogens is 428 g/mol. The molecule has 0 aliphatic carbocycles. The van der Waals surface area contributed by atoms with Crippen LogP contribution >= 0.6 is 0 Å². The minimum Gasteiger partial charge on any atom is -0.342 e. The molecule has 3 saturated heterocycles. The smallest absolute Gasteiger partial charge is 0.247 e. The summed E-state index contributed by atoms with van der Waals surface area (Å²) in [6.45, 7) is 3.93. The van der Waals surface area contributed by atoms with Crippen molar-refractivity contribution in [2.24, 2.45) is 10.9 Å². The molecule has 0 saturated carbocycles. The fourth-order valence-electron chi connectivity index (χ4n) is 5.28. The van der Waals surface area contributed by atoms with Crippen molar-refractivity contribution in [3.63, 3.8) is 0 Å². The molecule has 0 spiro atoms. The highest BCUT2D eigenvalue weighted by Gasteiger charge is 2.31. The molecule has 3 aliphatic rings. The van der Waals surface area contributed by atoms with Crippen LogP contribution in [0.5, 0.6) is 0 Å². The molecule has 0 radical (unpaired) electrons. The van der Waals surface area contributed by atoms with Gasteiger partial charge < -0.3 is 14.7 Å². The summed E-state index contributed by atoms with van der Waals surface area (Å²) < 4.78 is 0. The molecule has 3 fully saturated rings. The van der Waals surface area contributed by atoms with E-state index in [2.05, 4.69) is 34.5 Å². The second kappa shape index (κ2) is 11.9. The van der Waals surface area contributed by atoms with Crippen LogP contribution in [-0.2, 0) is 16.0 Å². The molecule has 0 unspecified atom stereocenters. The van der Waals surface area contributed by atoms with Crippen LogP contribution in [0.1, 0.15) is 50.5 Å². The number of likely N-dealkylation sites (tertiary alicyclic amines) is 3. The van der Waals surface area contributed by atoms with E-state index in [1.807, 2.05) is 17.2 Å². The number of guanidine groups is 1. The van der Waals surface area contributed by atoms with Crippen LogP contribution in [0.15, 0.2) is 35.3 Å². The van der Waals surface area contributed by atoms with Gasteiger partial charge in [0, 0.05) is 32.7 Å². The van der Waals surface area contributed by atoms with Crippen molar-refractivity contribution >= 4 is 17.8 Å². The van der Waals surface area contributed by atoms with E-state index in [1.54, 1.807) is 4.90 Å². The molecule has 8 heteroatoms. The Labute approximate surface area is 202 Å². The number of amides is 2. The molecule has 3 aliphatic heterocycles. The van der Waals surface area contributed by atoms with Crippen LogP contribution in [0.25, 0.3) is 0 Å². The molecule has 3 heterocycles. The second-order valence-electron chi connectivity index (χ2n) is 9.67. The van der Waals surface area contributed by atoms with Gasteiger partial charge >= 0.3 is 0 Å².